The van der Waals surface area contributed by atoms with Crippen LogP contribution in [0.15, 0.2) is 30.3 Å². The molecule has 1 aromatic heterocycles. The first-order valence-corrected chi connectivity index (χ1v) is 9.25. The molecule has 0 bridgehead atoms. The summed E-state index contributed by atoms with van der Waals surface area (Å²) in [6.07, 6.45) is 0.731. The number of halogens is 3. The van der Waals surface area contributed by atoms with E-state index in [1.807, 2.05) is 19.9 Å². The van der Waals surface area contributed by atoms with E-state index in [0.717, 1.165) is 23.1 Å². The molecule has 1 atom stereocenters. The van der Waals surface area contributed by atoms with Gasteiger partial charge in [-0.25, -0.2) is 4.39 Å². The van der Waals surface area contributed by atoms with Gasteiger partial charge in [-0.3, -0.25) is 9.89 Å². The summed E-state index contributed by atoms with van der Waals surface area (Å²) in [6, 6.07) is 8.29. The maximum Gasteiger partial charge on any atom is 0.168 e. The van der Waals surface area contributed by atoms with Crippen molar-refractivity contribution >= 4 is 35.2 Å². The Morgan fingerprint density at radius 1 is 1.19 bits per heavy atom. The van der Waals surface area contributed by atoms with Crippen LogP contribution in [-0.2, 0) is 0 Å². The molecule has 138 valence electrons. The summed E-state index contributed by atoms with van der Waals surface area (Å²) < 4.78 is 14.8. The highest BCUT2D eigenvalue weighted by molar-refractivity contribution is 6.31. The van der Waals surface area contributed by atoms with Gasteiger partial charge in [0.05, 0.1) is 22.4 Å². The van der Waals surface area contributed by atoms with Crippen molar-refractivity contribution in [1.82, 2.24) is 10.2 Å². The van der Waals surface area contributed by atoms with Crippen molar-refractivity contribution < 1.29 is 9.18 Å². The van der Waals surface area contributed by atoms with Crippen LogP contribution in [0, 0.1) is 5.82 Å². The molecule has 0 amide bonds. The van der Waals surface area contributed by atoms with E-state index in [4.69, 9.17) is 23.2 Å². The van der Waals surface area contributed by atoms with Gasteiger partial charge >= 0.3 is 0 Å². The molecule has 2 N–H and O–H groups in total. The zero-order valence-corrected chi connectivity index (χ0v) is 16.1. The molecule has 4 nitrogen and oxygen atoms in total. The van der Waals surface area contributed by atoms with Gasteiger partial charge in [0.2, 0.25) is 0 Å². The zero-order valence-electron chi connectivity index (χ0n) is 14.6. The van der Waals surface area contributed by atoms with E-state index < -0.39 is 11.9 Å². The van der Waals surface area contributed by atoms with Gasteiger partial charge in [-0.05, 0) is 35.2 Å². The number of benzene rings is 2. The van der Waals surface area contributed by atoms with Crippen molar-refractivity contribution in [3.8, 4) is 11.1 Å². The van der Waals surface area contributed by atoms with E-state index in [2.05, 4.69) is 15.5 Å². The molecule has 2 heterocycles. The Hall–Kier alpha value is -2.37. The summed E-state index contributed by atoms with van der Waals surface area (Å²) in [4.78, 5) is 11.6. The number of H-pyrrole nitrogens is 1. The molecule has 2 aromatic carbocycles. The first kappa shape index (κ1) is 18.0. The van der Waals surface area contributed by atoms with Crippen molar-refractivity contribution in [3.05, 3.63) is 68.7 Å². The second-order valence-electron chi connectivity index (χ2n) is 6.80. The van der Waals surface area contributed by atoms with Crippen molar-refractivity contribution in [2.45, 2.75) is 25.8 Å². The van der Waals surface area contributed by atoms with E-state index in [-0.39, 0.29) is 16.6 Å². The normalized spacial score (nSPS) is 15.3. The molecule has 0 radical (unpaired) electrons. The van der Waals surface area contributed by atoms with Gasteiger partial charge in [0.15, 0.2) is 12.1 Å². The van der Waals surface area contributed by atoms with Crippen molar-refractivity contribution in [2.75, 3.05) is 5.32 Å². The second kappa shape index (κ2) is 6.66. The Morgan fingerprint density at radius 3 is 2.67 bits per heavy atom. The highest BCUT2D eigenvalue weighted by Gasteiger charge is 2.33. The minimum Gasteiger partial charge on any atom is -0.371 e. The van der Waals surface area contributed by atoms with Crippen molar-refractivity contribution in [3.63, 3.8) is 0 Å². The number of aromatic amines is 1. The van der Waals surface area contributed by atoms with Gasteiger partial charge in [-0.2, -0.15) is 5.10 Å². The molecule has 1 unspecified atom stereocenters. The Kier molecular flexibility index (Phi) is 4.44. The monoisotopic (exact) mass is 403 g/mol. The Morgan fingerprint density at radius 2 is 1.96 bits per heavy atom. The summed E-state index contributed by atoms with van der Waals surface area (Å²) in [5.74, 6) is -0.458. The lowest BCUT2D eigenvalue weighted by Crippen LogP contribution is -2.21. The topological polar surface area (TPSA) is 57.8 Å². The predicted octanol–water partition coefficient (Wildman–Crippen LogP) is 5.97. The average Bonchev–Trinajstić information content (AvgIpc) is 3.08. The number of aromatic nitrogens is 2. The van der Waals surface area contributed by atoms with Gasteiger partial charge in [-0.1, -0.05) is 49.2 Å². The maximum absolute atomic E-state index is 14.8. The number of anilines is 1. The molecule has 3 aromatic rings. The molecule has 1 aliphatic heterocycles. The molecule has 1 aliphatic rings. The standard InChI is InChI=1S/C20H16Cl2FN3O/c1-9(2)18-16(15(8-27)25-26-18)19-11-4-3-10(21)7-13(11)12-5-6-14(22)17(23)20(12)24-19/h3-9,19,24H,1-2H3,(H,25,26). The first-order chi connectivity index (χ1) is 12.9. The third-order valence-electron chi connectivity index (χ3n) is 4.82. The van der Waals surface area contributed by atoms with Crippen molar-refractivity contribution in [2.24, 2.45) is 0 Å². The fourth-order valence-electron chi connectivity index (χ4n) is 3.59. The van der Waals surface area contributed by atoms with Gasteiger partial charge < -0.3 is 5.32 Å². The van der Waals surface area contributed by atoms with E-state index >= 15 is 0 Å². The van der Waals surface area contributed by atoms with E-state index in [0.29, 0.717) is 21.8 Å². The van der Waals surface area contributed by atoms with E-state index in [9.17, 15) is 9.18 Å². The first-order valence-electron chi connectivity index (χ1n) is 8.50. The lowest BCUT2D eigenvalue weighted by molar-refractivity contribution is 0.111. The summed E-state index contributed by atoms with van der Waals surface area (Å²) in [7, 11) is 0. The molecule has 27 heavy (non-hydrogen) atoms. The SMILES string of the molecule is CC(C)c1n[nH]c(C=O)c1C1Nc2c(ccc(Cl)c2F)-c2cc(Cl)ccc21. The molecule has 7 heteroatoms. The van der Waals surface area contributed by atoms with Crippen LogP contribution in [0.3, 0.4) is 0 Å². The van der Waals surface area contributed by atoms with Crippen LogP contribution in [0.2, 0.25) is 10.0 Å². The van der Waals surface area contributed by atoms with Gasteiger partial charge in [0.1, 0.15) is 5.69 Å². The number of nitrogens with zero attached hydrogens (tertiary/aromatic N) is 1. The van der Waals surface area contributed by atoms with Gasteiger partial charge in [0, 0.05) is 16.1 Å². The van der Waals surface area contributed by atoms with Crippen LogP contribution < -0.4 is 5.32 Å². The van der Waals surface area contributed by atoms with E-state index in [1.165, 1.54) is 6.07 Å². The fraction of sp³-hybridized carbons (Fsp3) is 0.200. The van der Waals surface area contributed by atoms with Crippen LogP contribution in [-0.4, -0.2) is 16.5 Å². The molecule has 0 aliphatic carbocycles. The second-order valence-corrected chi connectivity index (χ2v) is 7.65. The Labute approximate surface area is 165 Å². The number of carbonyl (C=O) groups is 1. The molecular weight excluding hydrogens is 388 g/mol. The van der Waals surface area contributed by atoms with Gasteiger partial charge in [-0.15, -0.1) is 0 Å². The highest BCUT2D eigenvalue weighted by atomic mass is 35.5. The number of nitrogens with one attached hydrogen (secondary N) is 2. The lowest BCUT2D eigenvalue weighted by atomic mass is 9.84. The van der Waals surface area contributed by atoms with Crippen LogP contribution in [0.1, 0.15) is 53.1 Å². The molecule has 0 fully saturated rings. The molecule has 4 rings (SSSR count). The average molecular weight is 404 g/mol. The molecular formula is C20H16Cl2FN3O. The van der Waals surface area contributed by atoms with Crippen LogP contribution in [0.5, 0.6) is 0 Å². The Balaban J connectivity index is 2.01. The van der Waals surface area contributed by atoms with Crippen molar-refractivity contribution in [1.29, 1.82) is 0 Å². The van der Waals surface area contributed by atoms with Crippen LogP contribution >= 0.6 is 23.2 Å². The summed E-state index contributed by atoms with van der Waals surface area (Å²) in [6.45, 7) is 3.98. The number of hydrogen-bond donors (Lipinski definition) is 2. The fourth-order valence-corrected chi connectivity index (χ4v) is 3.92. The lowest BCUT2D eigenvalue weighted by Gasteiger charge is -2.31. The maximum atomic E-state index is 14.8. The highest BCUT2D eigenvalue weighted by Crippen LogP contribution is 2.47. The van der Waals surface area contributed by atoms with E-state index in [1.54, 1.807) is 18.2 Å². The molecule has 0 saturated carbocycles. The van der Waals surface area contributed by atoms with Crippen LogP contribution in [0.4, 0.5) is 10.1 Å². The minimum atomic E-state index is -0.535. The molecule has 0 spiro atoms. The largest absolute Gasteiger partial charge is 0.371 e. The minimum absolute atomic E-state index is 0.0253. The third kappa shape index (κ3) is 2.82. The summed E-state index contributed by atoms with van der Waals surface area (Å²) in [5, 5.41) is 10.9. The number of rotatable bonds is 3. The third-order valence-corrected chi connectivity index (χ3v) is 5.34. The zero-order chi connectivity index (χ0) is 19.3. The Bertz CT molecular complexity index is 1060. The number of hydrogen-bond acceptors (Lipinski definition) is 3. The number of aldehydes is 1. The summed E-state index contributed by atoms with van der Waals surface area (Å²) >= 11 is 12.2. The quantitative estimate of drug-likeness (QED) is 0.529. The van der Waals surface area contributed by atoms with Gasteiger partial charge in [0.25, 0.3) is 0 Å². The number of fused-ring (bicyclic) bond motifs is 3. The predicted molar refractivity (Wildman–Crippen MR) is 105 cm³/mol. The summed E-state index contributed by atoms with van der Waals surface area (Å²) in [5.41, 5.74) is 4.46. The number of carbonyl (C=O) groups excluding carboxylic acids is 1. The molecule has 0 saturated heterocycles. The smallest absolute Gasteiger partial charge is 0.168 e. The van der Waals surface area contributed by atoms with Crippen LogP contribution in [0.25, 0.3) is 11.1 Å².